The second-order valence-corrected chi connectivity index (χ2v) is 6.30. The Labute approximate surface area is 125 Å². The number of para-hydroxylation sites is 1. The Morgan fingerprint density at radius 1 is 1.30 bits per heavy atom. The minimum absolute atomic E-state index is 0.293. The second kappa shape index (κ2) is 6.19. The summed E-state index contributed by atoms with van der Waals surface area (Å²) in [7, 11) is 2.02. The maximum atomic E-state index is 6.20. The summed E-state index contributed by atoms with van der Waals surface area (Å²) in [5, 5.41) is 5.20. The highest BCUT2D eigenvalue weighted by atomic mass is 35.5. The molecule has 1 atom stereocenters. The fourth-order valence-corrected chi connectivity index (χ4v) is 3.57. The first kappa shape index (κ1) is 14.0. The number of rotatable bonds is 4. The molecule has 3 heteroatoms. The Kier molecular flexibility index (Phi) is 4.32. The Bertz CT molecular complexity index is 571. The first-order valence-corrected chi connectivity index (χ1v) is 8.01. The molecule has 0 aliphatic heterocycles. The Morgan fingerprint density at radius 2 is 2.10 bits per heavy atom. The lowest BCUT2D eigenvalue weighted by atomic mass is 9.84. The number of hydrogen-bond acceptors (Lipinski definition) is 2. The van der Waals surface area contributed by atoms with Crippen LogP contribution in [0.3, 0.4) is 0 Å². The number of furan rings is 1. The topological polar surface area (TPSA) is 25.2 Å². The predicted octanol–water partition coefficient (Wildman–Crippen LogP) is 5.32. The van der Waals surface area contributed by atoms with Crippen LogP contribution in [0, 0.1) is 5.92 Å². The molecule has 0 amide bonds. The maximum absolute atomic E-state index is 6.20. The highest BCUT2D eigenvalue weighted by Crippen LogP contribution is 2.35. The van der Waals surface area contributed by atoms with Crippen molar-refractivity contribution in [3.8, 4) is 0 Å². The molecule has 1 heterocycles. The fourth-order valence-electron chi connectivity index (χ4n) is 3.35. The van der Waals surface area contributed by atoms with E-state index in [1.165, 1.54) is 32.1 Å². The van der Waals surface area contributed by atoms with E-state index in [9.17, 15) is 0 Å². The van der Waals surface area contributed by atoms with Gasteiger partial charge in [0.2, 0.25) is 0 Å². The summed E-state index contributed by atoms with van der Waals surface area (Å²) in [4.78, 5) is 0. The molecule has 1 aromatic heterocycles. The third kappa shape index (κ3) is 2.87. The standard InChI is InChI=1S/C17H22ClNO/c1-19-15(10-12-6-3-2-4-7-12)16-11-13-8-5-9-14(18)17(13)20-16/h5,8-9,11-12,15,19H,2-4,6-7,10H2,1H3. The van der Waals surface area contributed by atoms with Crippen LogP contribution in [0.25, 0.3) is 11.0 Å². The summed E-state index contributed by atoms with van der Waals surface area (Å²) < 4.78 is 6.00. The Balaban J connectivity index is 1.81. The number of nitrogens with one attached hydrogen (secondary N) is 1. The van der Waals surface area contributed by atoms with E-state index >= 15 is 0 Å². The van der Waals surface area contributed by atoms with Gasteiger partial charge in [0.25, 0.3) is 0 Å². The minimum Gasteiger partial charge on any atom is -0.458 e. The van der Waals surface area contributed by atoms with Crippen molar-refractivity contribution < 1.29 is 4.42 Å². The summed E-state index contributed by atoms with van der Waals surface area (Å²) in [5.41, 5.74) is 0.813. The van der Waals surface area contributed by atoms with Gasteiger partial charge in [-0.2, -0.15) is 0 Å². The van der Waals surface area contributed by atoms with Crippen molar-refractivity contribution in [2.75, 3.05) is 7.05 Å². The predicted molar refractivity (Wildman–Crippen MR) is 84.2 cm³/mol. The van der Waals surface area contributed by atoms with Crippen LogP contribution < -0.4 is 5.32 Å². The van der Waals surface area contributed by atoms with E-state index < -0.39 is 0 Å². The van der Waals surface area contributed by atoms with E-state index in [1.807, 2.05) is 19.2 Å². The molecule has 0 spiro atoms. The van der Waals surface area contributed by atoms with Gasteiger partial charge in [-0.15, -0.1) is 0 Å². The molecule has 0 radical (unpaired) electrons. The molecule has 1 N–H and O–H groups in total. The van der Waals surface area contributed by atoms with Gasteiger partial charge in [0, 0.05) is 5.39 Å². The Morgan fingerprint density at radius 3 is 2.80 bits per heavy atom. The number of halogens is 1. The minimum atomic E-state index is 0.293. The highest BCUT2D eigenvalue weighted by molar-refractivity contribution is 6.34. The molecule has 0 bridgehead atoms. The average molecular weight is 292 g/mol. The van der Waals surface area contributed by atoms with Gasteiger partial charge in [-0.05, 0) is 31.5 Å². The smallest absolute Gasteiger partial charge is 0.152 e. The molecule has 3 rings (SSSR count). The largest absolute Gasteiger partial charge is 0.458 e. The molecule has 1 fully saturated rings. The molecule has 108 valence electrons. The molecule has 1 aliphatic rings. The summed E-state index contributed by atoms with van der Waals surface area (Å²) in [6.07, 6.45) is 8.05. The number of benzene rings is 1. The van der Waals surface area contributed by atoms with Gasteiger partial charge in [0.15, 0.2) is 5.58 Å². The average Bonchev–Trinajstić information content (AvgIpc) is 2.91. The molecule has 0 saturated heterocycles. The van der Waals surface area contributed by atoms with Gasteiger partial charge in [0.1, 0.15) is 5.76 Å². The van der Waals surface area contributed by atoms with Crippen LogP contribution in [-0.4, -0.2) is 7.05 Å². The van der Waals surface area contributed by atoms with Crippen LogP contribution in [0.5, 0.6) is 0 Å². The van der Waals surface area contributed by atoms with Gasteiger partial charge < -0.3 is 9.73 Å². The molecule has 2 nitrogen and oxygen atoms in total. The molecule has 1 unspecified atom stereocenters. The molecule has 20 heavy (non-hydrogen) atoms. The first-order chi connectivity index (χ1) is 9.78. The summed E-state index contributed by atoms with van der Waals surface area (Å²) >= 11 is 6.20. The van der Waals surface area contributed by atoms with Gasteiger partial charge in [-0.1, -0.05) is 55.8 Å². The summed E-state index contributed by atoms with van der Waals surface area (Å²) in [5.74, 6) is 1.84. The van der Waals surface area contributed by atoms with E-state index in [0.717, 1.165) is 29.1 Å². The van der Waals surface area contributed by atoms with E-state index in [-0.39, 0.29) is 0 Å². The van der Waals surface area contributed by atoms with Crippen molar-refractivity contribution in [1.29, 1.82) is 0 Å². The van der Waals surface area contributed by atoms with Crippen LogP contribution in [0.4, 0.5) is 0 Å². The lowest BCUT2D eigenvalue weighted by Gasteiger charge is -2.25. The van der Waals surface area contributed by atoms with Crippen molar-refractivity contribution in [2.24, 2.45) is 5.92 Å². The molecule has 1 aromatic carbocycles. The van der Waals surface area contributed by atoms with Crippen LogP contribution in [0.1, 0.15) is 50.3 Å². The SMILES string of the molecule is CNC(CC1CCCCC1)c1cc2cccc(Cl)c2o1. The quantitative estimate of drug-likeness (QED) is 0.825. The number of fused-ring (bicyclic) bond motifs is 1. The zero-order valence-corrected chi connectivity index (χ0v) is 12.7. The zero-order valence-electron chi connectivity index (χ0n) is 12.0. The summed E-state index contributed by atoms with van der Waals surface area (Å²) in [6.45, 7) is 0. The molecule has 1 saturated carbocycles. The van der Waals surface area contributed by atoms with Crippen molar-refractivity contribution in [1.82, 2.24) is 5.32 Å². The highest BCUT2D eigenvalue weighted by Gasteiger charge is 2.22. The van der Waals surface area contributed by atoms with E-state index in [4.69, 9.17) is 16.0 Å². The van der Waals surface area contributed by atoms with Gasteiger partial charge in [0.05, 0.1) is 11.1 Å². The van der Waals surface area contributed by atoms with Gasteiger partial charge >= 0.3 is 0 Å². The monoisotopic (exact) mass is 291 g/mol. The van der Waals surface area contributed by atoms with Crippen molar-refractivity contribution in [2.45, 2.75) is 44.6 Å². The Hall–Kier alpha value is -0.990. The van der Waals surface area contributed by atoms with E-state index in [0.29, 0.717) is 11.1 Å². The lowest BCUT2D eigenvalue weighted by Crippen LogP contribution is -2.20. The maximum Gasteiger partial charge on any atom is 0.152 e. The van der Waals surface area contributed by atoms with E-state index in [2.05, 4.69) is 17.4 Å². The van der Waals surface area contributed by atoms with Crippen LogP contribution >= 0.6 is 11.6 Å². The number of hydrogen-bond donors (Lipinski definition) is 1. The fraction of sp³-hybridized carbons (Fsp3) is 0.529. The molecule has 1 aliphatic carbocycles. The third-order valence-electron chi connectivity index (χ3n) is 4.50. The van der Waals surface area contributed by atoms with E-state index in [1.54, 1.807) is 0 Å². The molecule has 2 aromatic rings. The lowest BCUT2D eigenvalue weighted by molar-refractivity contribution is 0.290. The van der Waals surface area contributed by atoms with Crippen LogP contribution in [-0.2, 0) is 0 Å². The third-order valence-corrected chi connectivity index (χ3v) is 4.80. The second-order valence-electron chi connectivity index (χ2n) is 5.89. The molecular formula is C17H22ClNO. The van der Waals surface area contributed by atoms with Crippen molar-refractivity contribution in [3.63, 3.8) is 0 Å². The van der Waals surface area contributed by atoms with Gasteiger partial charge in [-0.25, -0.2) is 0 Å². The van der Waals surface area contributed by atoms with Crippen molar-refractivity contribution >= 4 is 22.6 Å². The summed E-state index contributed by atoms with van der Waals surface area (Å²) in [6, 6.07) is 8.33. The molecular weight excluding hydrogens is 270 g/mol. The zero-order chi connectivity index (χ0) is 13.9. The first-order valence-electron chi connectivity index (χ1n) is 7.63. The van der Waals surface area contributed by atoms with Crippen LogP contribution in [0.15, 0.2) is 28.7 Å². The van der Waals surface area contributed by atoms with Crippen molar-refractivity contribution in [3.05, 3.63) is 35.0 Å². The normalized spacial score (nSPS) is 18.5. The van der Waals surface area contributed by atoms with Gasteiger partial charge in [-0.3, -0.25) is 0 Å². The van der Waals surface area contributed by atoms with Crippen LogP contribution in [0.2, 0.25) is 5.02 Å².